The van der Waals surface area contributed by atoms with E-state index in [4.69, 9.17) is 17.5 Å². The van der Waals surface area contributed by atoms with Crippen LogP contribution in [0.1, 0.15) is 5.56 Å². The molecule has 0 aliphatic rings. The molecular formula is C13H8N4S. The zero-order valence-corrected chi connectivity index (χ0v) is 10.1. The monoisotopic (exact) mass is 252 g/mol. The van der Waals surface area contributed by atoms with E-state index in [1.165, 1.54) is 0 Å². The zero-order valence-electron chi connectivity index (χ0n) is 9.29. The summed E-state index contributed by atoms with van der Waals surface area (Å²) in [5.74, 6) is 0. The first-order valence-electron chi connectivity index (χ1n) is 5.35. The zero-order chi connectivity index (χ0) is 12.5. The van der Waals surface area contributed by atoms with Gasteiger partial charge in [0.1, 0.15) is 0 Å². The summed E-state index contributed by atoms with van der Waals surface area (Å²) in [5, 5.41) is 8.94. The molecule has 18 heavy (non-hydrogen) atoms. The Hall–Kier alpha value is -2.45. The summed E-state index contributed by atoms with van der Waals surface area (Å²) in [4.78, 5) is 7.15. The second-order valence-corrected chi connectivity index (χ2v) is 4.21. The number of rotatable bonds is 1. The molecule has 2 heterocycles. The largest absolute Gasteiger partial charge is 0.329 e. The number of benzene rings is 1. The van der Waals surface area contributed by atoms with Gasteiger partial charge >= 0.3 is 0 Å². The smallest absolute Gasteiger partial charge is 0.182 e. The van der Waals surface area contributed by atoms with E-state index in [9.17, 15) is 0 Å². The lowest BCUT2D eigenvalue weighted by Gasteiger charge is -2.04. The van der Waals surface area contributed by atoms with Crippen LogP contribution >= 0.6 is 12.2 Å². The normalized spacial score (nSPS) is 10.4. The fourth-order valence-corrected chi connectivity index (χ4v) is 2.24. The van der Waals surface area contributed by atoms with Crippen molar-refractivity contribution in [3.05, 3.63) is 53.1 Å². The Morgan fingerprint density at radius 3 is 3.06 bits per heavy atom. The minimum absolute atomic E-state index is 0.591. The van der Waals surface area contributed by atoms with Crippen molar-refractivity contribution in [3.63, 3.8) is 0 Å². The van der Waals surface area contributed by atoms with Crippen LogP contribution < -0.4 is 0 Å². The number of pyridine rings is 1. The van der Waals surface area contributed by atoms with E-state index in [0.29, 0.717) is 10.3 Å². The number of nitrogens with one attached hydrogen (secondary N) is 1. The fraction of sp³-hybridized carbons (Fsp3) is 0. The van der Waals surface area contributed by atoms with E-state index >= 15 is 0 Å². The summed E-state index contributed by atoms with van der Waals surface area (Å²) in [6.45, 7) is 0. The quantitative estimate of drug-likeness (QED) is 0.677. The van der Waals surface area contributed by atoms with E-state index in [2.05, 4.69) is 16.0 Å². The predicted octanol–water partition coefficient (Wildman–Crippen LogP) is 2.95. The first kappa shape index (κ1) is 10.7. The van der Waals surface area contributed by atoms with E-state index in [1.807, 2.05) is 28.8 Å². The number of hydrogen-bond donors (Lipinski definition) is 1. The SMILES string of the molecule is N#Cc1cccc(-n2c(=S)[nH]c3cnccc32)c1. The first-order chi connectivity index (χ1) is 8.79. The Morgan fingerprint density at radius 2 is 2.22 bits per heavy atom. The van der Waals surface area contributed by atoms with Crippen molar-refractivity contribution in [1.29, 1.82) is 5.26 Å². The Kier molecular flexibility index (Phi) is 2.43. The standard InChI is InChI=1S/C13H8N4S/c14-7-9-2-1-3-10(6-9)17-12-4-5-15-8-11(12)16-13(17)18/h1-6,8H,(H,16,18). The van der Waals surface area contributed by atoms with Gasteiger partial charge in [-0.25, -0.2) is 0 Å². The van der Waals surface area contributed by atoms with Crippen molar-refractivity contribution < 1.29 is 0 Å². The van der Waals surface area contributed by atoms with Gasteiger partial charge in [0.15, 0.2) is 4.77 Å². The summed E-state index contributed by atoms with van der Waals surface area (Å²) in [7, 11) is 0. The molecule has 86 valence electrons. The number of nitriles is 1. The maximum atomic E-state index is 8.94. The van der Waals surface area contributed by atoms with Gasteiger partial charge in [0.2, 0.25) is 0 Å². The fourth-order valence-electron chi connectivity index (χ4n) is 1.93. The number of fused-ring (bicyclic) bond motifs is 1. The highest BCUT2D eigenvalue weighted by atomic mass is 32.1. The highest BCUT2D eigenvalue weighted by Gasteiger charge is 2.06. The van der Waals surface area contributed by atoms with Crippen LogP contribution in [0.4, 0.5) is 0 Å². The van der Waals surface area contributed by atoms with Crippen LogP contribution in [0.3, 0.4) is 0 Å². The molecule has 0 aliphatic carbocycles. The Morgan fingerprint density at radius 1 is 1.33 bits per heavy atom. The van der Waals surface area contributed by atoms with Gasteiger partial charge in [0.25, 0.3) is 0 Å². The molecule has 0 fully saturated rings. The molecular weight excluding hydrogens is 244 g/mol. The minimum Gasteiger partial charge on any atom is -0.329 e. The highest BCUT2D eigenvalue weighted by molar-refractivity contribution is 7.71. The number of imidazole rings is 1. The summed E-state index contributed by atoms with van der Waals surface area (Å²) in [6.07, 6.45) is 3.45. The van der Waals surface area contributed by atoms with E-state index in [-0.39, 0.29) is 0 Å². The third-order valence-corrected chi connectivity index (χ3v) is 3.00. The summed E-state index contributed by atoms with van der Waals surface area (Å²) in [5.41, 5.74) is 3.31. The van der Waals surface area contributed by atoms with Crippen LogP contribution in [0, 0.1) is 16.1 Å². The molecule has 2 aromatic heterocycles. The molecule has 0 bridgehead atoms. The average molecular weight is 252 g/mol. The van der Waals surface area contributed by atoms with Crippen LogP contribution in [0.2, 0.25) is 0 Å². The number of aromatic nitrogens is 3. The Labute approximate surface area is 108 Å². The maximum absolute atomic E-state index is 8.94. The van der Waals surface area contributed by atoms with Crippen molar-refractivity contribution in [2.75, 3.05) is 0 Å². The third kappa shape index (κ3) is 1.60. The topological polar surface area (TPSA) is 57.4 Å². The Bertz CT molecular complexity index is 823. The molecule has 5 heteroatoms. The average Bonchev–Trinajstić information content (AvgIpc) is 2.74. The molecule has 1 aromatic carbocycles. The molecule has 3 rings (SSSR count). The van der Waals surface area contributed by atoms with Crippen molar-refractivity contribution >= 4 is 23.3 Å². The number of nitrogens with zero attached hydrogens (tertiary/aromatic N) is 3. The van der Waals surface area contributed by atoms with Gasteiger partial charge in [0, 0.05) is 11.9 Å². The Balaban J connectivity index is 2.35. The van der Waals surface area contributed by atoms with Crippen LogP contribution in [-0.4, -0.2) is 14.5 Å². The minimum atomic E-state index is 0.591. The van der Waals surface area contributed by atoms with Crippen LogP contribution in [0.25, 0.3) is 16.7 Å². The molecule has 0 spiro atoms. The molecule has 4 nitrogen and oxygen atoms in total. The van der Waals surface area contributed by atoms with Gasteiger partial charge in [-0.2, -0.15) is 5.26 Å². The molecule has 3 aromatic rings. The summed E-state index contributed by atoms with van der Waals surface area (Å²) >= 11 is 5.31. The lowest BCUT2D eigenvalue weighted by molar-refractivity contribution is 1.06. The molecule has 0 atom stereocenters. The van der Waals surface area contributed by atoms with Crippen molar-refractivity contribution in [2.45, 2.75) is 0 Å². The lowest BCUT2D eigenvalue weighted by Crippen LogP contribution is -1.94. The third-order valence-electron chi connectivity index (χ3n) is 2.72. The predicted molar refractivity (Wildman–Crippen MR) is 71.0 cm³/mol. The van der Waals surface area contributed by atoms with Crippen LogP contribution in [0.15, 0.2) is 42.7 Å². The molecule has 0 amide bonds. The van der Waals surface area contributed by atoms with E-state index in [0.717, 1.165) is 16.7 Å². The second-order valence-electron chi connectivity index (χ2n) is 3.82. The molecule has 1 N–H and O–H groups in total. The maximum Gasteiger partial charge on any atom is 0.182 e. The van der Waals surface area contributed by atoms with Gasteiger partial charge in [-0.15, -0.1) is 0 Å². The van der Waals surface area contributed by atoms with Crippen LogP contribution in [-0.2, 0) is 0 Å². The highest BCUT2D eigenvalue weighted by Crippen LogP contribution is 2.19. The van der Waals surface area contributed by atoms with Crippen molar-refractivity contribution in [1.82, 2.24) is 14.5 Å². The van der Waals surface area contributed by atoms with Crippen molar-refractivity contribution in [3.8, 4) is 11.8 Å². The van der Waals surface area contributed by atoms with Gasteiger partial charge in [-0.05, 0) is 36.5 Å². The molecule has 0 saturated carbocycles. The van der Waals surface area contributed by atoms with Gasteiger partial charge in [-0.1, -0.05) is 6.07 Å². The second kappa shape index (κ2) is 4.09. The van der Waals surface area contributed by atoms with Gasteiger partial charge < -0.3 is 4.98 Å². The van der Waals surface area contributed by atoms with Gasteiger partial charge in [-0.3, -0.25) is 9.55 Å². The number of H-pyrrole nitrogens is 1. The molecule has 0 aliphatic heterocycles. The number of hydrogen-bond acceptors (Lipinski definition) is 3. The summed E-state index contributed by atoms with van der Waals surface area (Å²) < 4.78 is 2.49. The van der Waals surface area contributed by atoms with E-state index in [1.54, 1.807) is 18.5 Å². The first-order valence-corrected chi connectivity index (χ1v) is 5.76. The lowest BCUT2D eigenvalue weighted by atomic mass is 10.2. The van der Waals surface area contributed by atoms with Gasteiger partial charge in [0.05, 0.1) is 28.9 Å². The van der Waals surface area contributed by atoms with Crippen molar-refractivity contribution in [2.24, 2.45) is 0 Å². The van der Waals surface area contributed by atoms with E-state index < -0.39 is 0 Å². The van der Waals surface area contributed by atoms with Crippen LogP contribution in [0.5, 0.6) is 0 Å². The summed E-state index contributed by atoms with van der Waals surface area (Å²) in [6, 6.07) is 11.4. The molecule has 0 radical (unpaired) electrons. The molecule has 0 saturated heterocycles. The number of aromatic amines is 1. The molecule has 0 unspecified atom stereocenters.